The molecule has 1 aromatic rings. The molecule has 0 amide bonds. The average molecular weight is 234 g/mol. The Morgan fingerprint density at radius 2 is 2.29 bits per heavy atom. The van der Waals surface area contributed by atoms with Gasteiger partial charge in [0.1, 0.15) is 12.2 Å². The van der Waals surface area contributed by atoms with Gasteiger partial charge < -0.3 is 10.5 Å². The van der Waals surface area contributed by atoms with Gasteiger partial charge >= 0.3 is 5.69 Å². The minimum Gasteiger partial charge on any atom is -0.474 e. The molecule has 1 fully saturated rings. The molecule has 0 aliphatic heterocycles. The largest absolute Gasteiger partial charge is 0.474 e. The van der Waals surface area contributed by atoms with Crippen LogP contribution in [-0.4, -0.2) is 22.1 Å². The second kappa shape index (κ2) is 4.35. The lowest BCUT2D eigenvalue weighted by atomic mass is 9.90. The third-order valence-corrected chi connectivity index (χ3v) is 2.57. The number of nitro groups is 1. The summed E-state index contributed by atoms with van der Waals surface area (Å²) in [5, 5.41) is 19.3. The van der Waals surface area contributed by atoms with E-state index in [1.807, 2.05) is 0 Å². The lowest BCUT2D eigenvalue weighted by molar-refractivity contribution is -0.385. The smallest absolute Gasteiger partial charge is 0.305 e. The van der Waals surface area contributed by atoms with Gasteiger partial charge in [0.15, 0.2) is 0 Å². The number of nitriles is 1. The first-order chi connectivity index (χ1) is 8.10. The third kappa shape index (κ3) is 2.32. The van der Waals surface area contributed by atoms with Crippen molar-refractivity contribution in [1.82, 2.24) is 4.98 Å². The summed E-state index contributed by atoms with van der Waals surface area (Å²) < 4.78 is 5.43. The number of hydrogen-bond donors (Lipinski definition) is 1. The summed E-state index contributed by atoms with van der Waals surface area (Å²) >= 11 is 0. The zero-order chi connectivity index (χ0) is 12.4. The average Bonchev–Trinajstić information content (AvgIpc) is 2.26. The Balaban J connectivity index is 2.15. The number of aromatic nitrogens is 1. The summed E-state index contributed by atoms with van der Waals surface area (Å²) in [6.07, 6.45) is 1.46. The number of nitrogens with two attached hydrogens (primary N) is 1. The zero-order valence-corrected chi connectivity index (χ0v) is 8.87. The lowest BCUT2D eigenvalue weighted by Gasteiger charge is -2.31. The predicted molar refractivity (Wildman–Crippen MR) is 57.2 cm³/mol. The van der Waals surface area contributed by atoms with E-state index in [2.05, 4.69) is 4.98 Å². The fourth-order valence-corrected chi connectivity index (χ4v) is 1.60. The van der Waals surface area contributed by atoms with E-state index in [0.717, 1.165) is 12.8 Å². The first-order valence-electron chi connectivity index (χ1n) is 5.08. The van der Waals surface area contributed by atoms with Crippen LogP contribution in [0.25, 0.3) is 0 Å². The van der Waals surface area contributed by atoms with E-state index in [-0.39, 0.29) is 29.4 Å². The van der Waals surface area contributed by atoms with Crippen LogP contribution in [0.2, 0.25) is 0 Å². The van der Waals surface area contributed by atoms with E-state index in [1.165, 1.54) is 12.1 Å². The molecule has 2 rings (SSSR count). The molecule has 7 heteroatoms. The molecule has 0 aromatic carbocycles. The minimum atomic E-state index is -0.644. The van der Waals surface area contributed by atoms with Crippen molar-refractivity contribution in [2.45, 2.75) is 25.0 Å². The Morgan fingerprint density at radius 1 is 1.59 bits per heavy atom. The number of rotatable bonds is 3. The van der Waals surface area contributed by atoms with Crippen LogP contribution in [0.4, 0.5) is 5.69 Å². The molecule has 1 aromatic heterocycles. The molecule has 0 saturated heterocycles. The molecule has 1 saturated carbocycles. The lowest BCUT2D eigenvalue weighted by Crippen LogP contribution is -2.43. The van der Waals surface area contributed by atoms with Crippen LogP contribution in [-0.2, 0) is 0 Å². The SMILES string of the molecule is N#Cc1nc(OC2CC(N)C2)ccc1[N+](=O)[O-]. The van der Waals surface area contributed by atoms with Crippen LogP contribution in [0.3, 0.4) is 0 Å². The van der Waals surface area contributed by atoms with Crippen LogP contribution in [0.15, 0.2) is 12.1 Å². The molecule has 17 heavy (non-hydrogen) atoms. The van der Waals surface area contributed by atoms with Gasteiger partial charge in [0.2, 0.25) is 11.6 Å². The molecular formula is C10H10N4O3. The Hall–Kier alpha value is -2.20. The summed E-state index contributed by atoms with van der Waals surface area (Å²) in [4.78, 5) is 13.7. The van der Waals surface area contributed by atoms with E-state index >= 15 is 0 Å². The molecule has 0 radical (unpaired) electrons. The summed E-state index contributed by atoms with van der Waals surface area (Å²) in [7, 11) is 0. The van der Waals surface area contributed by atoms with Crippen molar-refractivity contribution in [3.63, 3.8) is 0 Å². The minimum absolute atomic E-state index is 0.00880. The van der Waals surface area contributed by atoms with Crippen LogP contribution in [0, 0.1) is 21.4 Å². The third-order valence-electron chi connectivity index (χ3n) is 2.57. The number of pyridine rings is 1. The van der Waals surface area contributed by atoms with Gasteiger partial charge in [-0.1, -0.05) is 0 Å². The second-order valence-corrected chi connectivity index (χ2v) is 3.86. The van der Waals surface area contributed by atoms with Gasteiger partial charge in [-0.2, -0.15) is 10.2 Å². The maximum Gasteiger partial charge on any atom is 0.305 e. The van der Waals surface area contributed by atoms with Crippen LogP contribution < -0.4 is 10.5 Å². The highest BCUT2D eigenvalue weighted by molar-refractivity contribution is 5.45. The first kappa shape index (κ1) is 11.3. The monoisotopic (exact) mass is 234 g/mol. The molecular weight excluding hydrogens is 224 g/mol. The van der Waals surface area contributed by atoms with E-state index in [9.17, 15) is 10.1 Å². The number of ether oxygens (including phenoxy) is 1. The fraction of sp³-hybridized carbons (Fsp3) is 0.400. The van der Waals surface area contributed by atoms with Crippen LogP contribution >= 0.6 is 0 Å². The van der Waals surface area contributed by atoms with Crippen LogP contribution in [0.1, 0.15) is 18.5 Å². The van der Waals surface area contributed by atoms with Crippen molar-refractivity contribution < 1.29 is 9.66 Å². The predicted octanol–water partition coefficient (Wildman–Crippen LogP) is 0.730. The maximum atomic E-state index is 10.6. The summed E-state index contributed by atoms with van der Waals surface area (Å²) in [5.41, 5.74) is 5.05. The highest BCUT2D eigenvalue weighted by Crippen LogP contribution is 2.25. The number of hydrogen-bond acceptors (Lipinski definition) is 6. The molecule has 0 spiro atoms. The molecule has 88 valence electrons. The van der Waals surface area contributed by atoms with Gasteiger partial charge in [0.25, 0.3) is 0 Å². The second-order valence-electron chi connectivity index (χ2n) is 3.86. The number of nitrogens with zero attached hydrogens (tertiary/aromatic N) is 3. The Bertz CT molecular complexity index is 491. The molecule has 1 aliphatic carbocycles. The van der Waals surface area contributed by atoms with E-state index < -0.39 is 4.92 Å². The Labute approximate surface area is 97.0 Å². The summed E-state index contributed by atoms with van der Waals surface area (Å²) in [6.45, 7) is 0. The summed E-state index contributed by atoms with van der Waals surface area (Å²) in [6, 6.07) is 4.44. The van der Waals surface area contributed by atoms with Gasteiger partial charge in [0.05, 0.1) is 4.92 Å². The van der Waals surface area contributed by atoms with Gasteiger partial charge in [-0.25, -0.2) is 0 Å². The van der Waals surface area contributed by atoms with Crippen molar-refractivity contribution in [3.05, 3.63) is 27.9 Å². The van der Waals surface area contributed by atoms with Crippen molar-refractivity contribution >= 4 is 5.69 Å². The van der Waals surface area contributed by atoms with Crippen molar-refractivity contribution in [2.75, 3.05) is 0 Å². The van der Waals surface area contributed by atoms with Gasteiger partial charge in [0, 0.05) is 18.2 Å². The zero-order valence-electron chi connectivity index (χ0n) is 8.87. The standard InChI is InChI=1S/C10H10N4O3/c11-5-8-9(14(15)16)1-2-10(13-8)17-7-3-6(12)4-7/h1-2,6-7H,3-4,12H2. The molecule has 2 N–H and O–H groups in total. The summed E-state index contributed by atoms with van der Waals surface area (Å²) in [5.74, 6) is 0.226. The maximum absolute atomic E-state index is 10.6. The van der Waals surface area contributed by atoms with E-state index in [0.29, 0.717) is 0 Å². The van der Waals surface area contributed by atoms with Gasteiger partial charge in [-0.05, 0) is 12.8 Å². The highest BCUT2D eigenvalue weighted by Gasteiger charge is 2.28. The molecule has 0 bridgehead atoms. The Kier molecular flexibility index (Phi) is 2.89. The quantitative estimate of drug-likeness (QED) is 0.608. The normalized spacial score (nSPS) is 22.4. The van der Waals surface area contributed by atoms with E-state index in [4.69, 9.17) is 15.7 Å². The van der Waals surface area contributed by atoms with Crippen molar-refractivity contribution in [1.29, 1.82) is 5.26 Å². The van der Waals surface area contributed by atoms with Crippen molar-refractivity contribution in [3.8, 4) is 11.9 Å². The van der Waals surface area contributed by atoms with Crippen molar-refractivity contribution in [2.24, 2.45) is 5.73 Å². The molecule has 0 unspecified atom stereocenters. The van der Waals surface area contributed by atoms with Gasteiger partial charge in [-0.15, -0.1) is 0 Å². The Morgan fingerprint density at radius 3 is 2.82 bits per heavy atom. The highest BCUT2D eigenvalue weighted by atomic mass is 16.6. The topological polar surface area (TPSA) is 115 Å². The molecule has 0 atom stereocenters. The molecule has 7 nitrogen and oxygen atoms in total. The first-order valence-corrected chi connectivity index (χ1v) is 5.08. The molecule has 1 aliphatic rings. The van der Waals surface area contributed by atoms with E-state index in [1.54, 1.807) is 6.07 Å². The van der Waals surface area contributed by atoms with Gasteiger partial charge in [-0.3, -0.25) is 10.1 Å². The molecule has 1 heterocycles. The van der Waals surface area contributed by atoms with Crippen LogP contribution in [0.5, 0.6) is 5.88 Å². The fourth-order valence-electron chi connectivity index (χ4n) is 1.60.